The Kier molecular flexibility index (Phi) is 3.97. The average molecular weight is 336 g/mol. The normalized spacial score (nSPS) is 17.0. The number of carbonyl (C=O) groups excluding carboxylic acids is 1. The predicted molar refractivity (Wildman–Crippen MR) is 95.3 cm³/mol. The monoisotopic (exact) mass is 336 g/mol. The first-order valence-corrected chi connectivity index (χ1v) is 8.34. The summed E-state index contributed by atoms with van der Waals surface area (Å²) in [5.74, 6) is -0.0920. The lowest BCUT2D eigenvalue weighted by atomic mass is 10.1. The fraction of sp³-hybridized carbons (Fsp3) is 0.278. The highest BCUT2D eigenvalue weighted by Crippen LogP contribution is 2.22. The number of aromatic amines is 1. The molecule has 128 valence electrons. The summed E-state index contributed by atoms with van der Waals surface area (Å²) >= 11 is 0. The molecule has 3 heterocycles. The molecule has 1 aliphatic rings. The quantitative estimate of drug-likeness (QED) is 0.762. The van der Waals surface area contributed by atoms with E-state index in [9.17, 15) is 4.79 Å². The SMILES string of the molecule is Cn1cc(N2CC[C@H](NC(=O)c3cn[nH]c3-c3ccccc3)C2)cn1. The summed E-state index contributed by atoms with van der Waals surface area (Å²) in [6, 6.07) is 9.88. The second kappa shape index (κ2) is 6.43. The van der Waals surface area contributed by atoms with Crippen LogP contribution in [0.2, 0.25) is 0 Å². The van der Waals surface area contributed by atoms with Crippen molar-refractivity contribution in [3.63, 3.8) is 0 Å². The minimum absolute atomic E-state index is 0.0920. The lowest BCUT2D eigenvalue weighted by Crippen LogP contribution is -2.37. The Morgan fingerprint density at radius 3 is 2.88 bits per heavy atom. The van der Waals surface area contributed by atoms with E-state index in [2.05, 4.69) is 25.5 Å². The van der Waals surface area contributed by atoms with Crippen LogP contribution in [0.15, 0.2) is 48.9 Å². The molecule has 2 N–H and O–H groups in total. The molecule has 0 radical (unpaired) electrons. The summed E-state index contributed by atoms with van der Waals surface area (Å²) in [5, 5.41) is 14.3. The number of hydrogen-bond donors (Lipinski definition) is 2. The molecular weight excluding hydrogens is 316 g/mol. The fourth-order valence-electron chi connectivity index (χ4n) is 3.23. The maximum absolute atomic E-state index is 12.7. The van der Waals surface area contributed by atoms with Crippen molar-refractivity contribution in [3.05, 3.63) is 54.5 Å². The number of nitrogens with zero attached hydrogens (tertiary/aromatic N) is 4. The Morgan fingerprint density at radius 1 is 1.28 bits per heavy atom. The number of H-pyrrole nitrogens is 1. The number of aryl methyl sites for hydroxylation is 1. The zero-order valence-electron chi connectivity index (χ0n) is 14.0. The first kappa shape index (κ1) is 15.4. The first-order valence-electron chi connectivity index (χ1n) is 8.34. The molecule has 0 bridgehead atoms. The fourth-order valence-corrected chi connectivity index (χ4v) is 3.23. The molecule has 3 aromatic rings. The first-order chi connectivity index (χ1) is 12.2. The van der Waals surface area contributed by atoms with Gasteiger partial charge < -0.3 is 10.2 Å². The van der Waals surface area contributed by atoms with E-state index in [0.717, 1.165) is 36.5 Å². The summed E-state index contributed by atoms with van der Waals surface area (Å²) in [7, 11) is 1.91. The van der Waals surface area contributed by atoms with Crippen LogP contribution in [0, 0.1) is 0 Å². The molecule has 1 aliphatic heterocycles. The van der Waals surface area contributed by atoms with Gasteiger partial charge >= 0.3 is 0 Å². The van der Waals surface area contributed by atoms with E-state index in [1.165, 1.54) is 0 Å². The number of carbonyl (C=O) groups is 1. The van der Waals surface area contributed by atoms with E-state index < -0.39 is 0 Å². The average Bonchev–Trinajstić information content (AvgIpc) is 3.35. The molecule has 2 aromatic heterocycles. The summed E-state index contributed by atoms with van der Waals surface area (Å²) < 4.78 is 1.79. The molecule has 0 spiro atoms. The maximum Gasteiger partial charge on any atom is 0.255 e. The van der Waals surface area contributed by atoms with E-state index in [1.807, 2.05) is 49.8 Å². The standard InChI is InChI=1S/C18H20N6O/c1-23-12-15(9-20-23)24-8-7-14(11-24)21-18(25)16-10-19-22-17(16)13-5-3-2-4-6-13/h2-6,9-10,12,14H,7-8,11H2,1H3,(H,19,22)(H,21,25)/t14-/m0/s1. The molecule has 1 amide bonds. The lowest BCUT2D eigenvalue weighted by molar-refractivity contribution is 0.0941. The van der Waals surface area contributed by atoms with E-state index in [-0.39, 0.29) is 11.9 Å². The van der Waals surface area contributed by atoms with E-state index in [1.54, 1.807) is 10.9 Å². The van der Waals surface area contributed by atoms with Crippen LogP contribution in [-0.4, -0.2) is 45.0 Å². The van der Waals surface area contributed by atoms with Gasteiger partial charge in [0.25, 0.3) is 5.91 Å². The Bertz CT molecular complexity index is 869. The van der Waals surface area contributed by atoms with Gasteiger partial charge in [0.2, 0.25) is 0 Å². The van der Waals surface area contributed by atoms with Gasteiger partial charge in [-0.1, -0.05) is 30.3 Å². The molecule has 7 nitrogen and oxygen atoms in total. The molecule has 0 unspecified atom stereocenters. The highest BCUT2D eigenvalue weighted by atomic mass is 16.1. The number of benzene rings is 1. The van der Waals surface area contributed by atoms with Crippen LogP contribution >= 0.6 is 0 Å². The van der Waals surface area contributed by atoms with E-state index in [4.69, 9.17) is 0 Å². The van der Waals surface area contributed by atoms with Gasteiger partial charge in [0.1, 0.15) is 0 Å². The van der Waals surface area contributed by atoms with Crippen LogP contribution in [0.25, 0.3) is 11.3 Å². The van der Waals surface area contributed by atoms with Crippen molar-refractivity contribution in [2.75, 3.05) is 18.0 Å². The molecular formula is C18H20N6O. The largest absolute Gasteiger partial charge is 0.367 e. The zero-order chi connectivity index (χ0) is 17.2. The zero-order valence-corrected chi connectivity index (χ0v) is 14.0. The molecule has 1 fully saturated rings. The molecule has 4 rings (SSSR count). The highest BCUT2D eigenvalue weighted by Gasteiger charge is 2.26. The summed E-state index contributed by atoms with van der Waals surface area (Å²) in [5.41, 5.74) is 3.37. The van der Waals surface area contributed by atoms with Gasteiger partial charge in [-0.2, -0.15) is 10.2 Å². The second-order valence-corrected chi connectivity index (χ2v) is 6.30. The van der Waals surface area contributed by atoms with Crippen molar-refractivity contribution >= 4 is 11.6 Å². The van der Waals surface area contributed by atoms with Gasteiger partial charge in [-0.05, 0) is 6.42 Å². The predicted octanol–water partition coefficient (Wildman–Crippen LogP) is 1.82. The third-order valence-corrected chi connectivity index (χ3v) is 4.53. The van der Waals surface area contributed by atoms with Crippen LogP contribution in [0.1, 0.15) is 16.8 Å². The van der Waals surface area contributed by atoms with Crippen molar-refractivity contribution in [2.24, 2.45) is 7.05 Å². The maximum atomic E-state index is 12.7. The van der Waals surface area contributed by atoms with Crippen LogP contribution in [0.3, 0.4) is 0 Å². The number of amides is 1. The Labute approximate surface area is 145 Å². The summed E-state index contributed by atoms with van der Waals surface area (Å²) in [6.45, 7) is 1.70. The van der Waals surface area contributed by atoms with Crippen LogP contribution < -0.4 is 10.2 Å². The Morgan fingerprint density at radius 2 is 2.12 bits per heavy atom. The number of anilines is 1. The van der Waals surface area contributed by atoms with Crippen molar-refractivity contribution in [1.82, 2.24) is 25.3 Å². The van der Waals surface area contributed by atoms with Crippen LogP contribution in [0.5, 0.6) is 0 Å². The smallest absolute Gasteiger partial charge is 0.255 e. The van der Waals surface area contributed by atoms with Gasteiger partial charge in [-0.15, -0.1) is 0 Å². The second-order valence-electron chi connectivity index (χ2n) is 6.30. The Hall–Kier alpha value is -3.09. The molecule has 1 aromatic carbocycles. The van der Waals surface area contributed by atoms with E-state index >= 15 is 0 Å². The summed E-state index contributed by atoms with van der Waals surface area (Å²) in [4.78, 5) is 14.9. The van der Waals surface area contributed by atoms with Gasteiger partial charge in [0.15, 0.2) is 0 Å². The molecule has 1 atom stereocenters. The van der Waals surface area contributed by atoms with Crippen molar-refractivity contribution in [1.29, 1.82) is 0 Å². The lowest BCUT2D eigenvalue weighted by Gasteiger charge is -2.16. The van der Waals surface area contributed by atoms with Gasteiger partial charge in [-0.3, -0.25) is 14.6 Å². The molecule has 7 heteroatoms. The number of nitrogens with one attached hydrogen (secondary N) is 2. The van der Waals surface area contributed by atoms with Gasteiger partial charge in [0, 0.05) is 37.9 Å². The number of rotatable bonds is 4. The van der Waals surface area contributed by atoms with Crippen molar-refractivity contribution < 1.29 is 4.79 Å². The molecule has 25 heavy (non-hydrogen) atoms. The molecule has 1 saturated heterocycles. The molecule has 0 saturated carbocycles. The highest BCUT2D eigenvalue weighted by molar-refractivity contribution is 5.99. The van der Waals surface area contributed by atoms with Crippen LogP contribution in [0.4, 0.5) is 5.69 Å². The summed E-state index contributed by atoms with van der Waals surface area (Å²) in [6.07, 6.45) is 6.35. The minimum Gasteiger partial charge on any atom is -0.367 e. The third kappa shape index (κ3) is 3.13. The van der Waals surface area contributed by atoms with Crippen LogP contribution in [-0.2, 0) is 7.05 Å². The number of aromatic nitrogens is 4. The van der Waals surface area contributed by atoms with Gasteiger partial charge in [0.05, 0.1) is 29.3 Å². The van der Waals surface area contributed by atoms with Gasteiger partial charge in [-0.25, -0.2) is 0 Å². The topological polar surface area (TPSA) is 78.8 Å². The Balaban J connectivity index is 1.44. The van der Waals surface area contributed by atoms with Crippen molar-refractivity contribution in [3.8, 4) is 11.3 Å². The van der Waals surface area contributed by atoms with Crippen molar-refractivity contribution in [2.45, 2.75) is 12.5 Å². The van der Waals surface area contributed by atoms with E-state index in [0.29, 0.717) is 5.56 Å². The third-order valence-electron chi connectivity index (χ3n) is 4.53. The minimum atomic E-state index is -0.0920. The molecule has 0 aliphatic carbocycles. The number of hydrogen-bond acceptors (Lipinski definition) is 4.